The van der Waals surface area contributed by atoms with Crippen LogP contribution in [0.2, 0.25) is 5.02 Å². The lowest BCUT2D eigenvalue weighted by atomic mass is 10.1. The number of nitrogens with zero attached hydrogens (tertiary/aromatic N) is 2. The molecule has 0 atom stereocenters. The van der Waals surface area contributed by atoms with E-state index < -0.39 is 11.2 Å². The number of benzene rings is 3. The van der Waals surface area contributed by atoms with Gasteiger partial charge in [-0.1, -0.05) is 48.0 Å². The van der Waals surface area contributed by atoms with E-state index in [9.17, 15) is 9.59 Å². The van der Waals surface area contributed by atoms with Crippen LogP contribution in [0.15, 0.2) is 76.3 Å². The van der Waals surface area contributed by atoms with Crippen molar-refractivity contribution in [1.82, 2.24) is 9.13 Å². The van der Waals surface area contributed by atoms with E-state index >= 15 is 0 Å². The fourth-order valence-corrected chi connectivity index (χ4v) is 3.64. The number of rotatable bonds is 5. The fourth-order valence-electron chi connectivity index (χ4n) is 3.45. The van der Waals surface area contributed by atoms with Crippen LogP contribution in [-0.4, -0.2) is 23.4 Å². The molecule has 0 aliphatic heterocycles. The Labute approximate surface area is 177 Å². The summed E-state index contributed by atoms with van der Waals surface area (Å²) in [6, 6.07) is 19.3. The third-order valence-electron chi connectivity index (χ3n) is 4.95. The lowest BCUT2D eigenvalue weighted by Crippen LogP contribution is -2.39. The Hall–Kier alpha value is -3.51. The largest absolute Gasteiger partial charge is 0.493 e. The molecular formula is C23H19ClN2O4. The fraction of sp³-hybridized carbons (Fsp3) is 0.130. The van der Waals surface area contributed by atoms with Crippen molar-refractivity contribution in [3.05, 3.63) is 98.2 Å². The molecule has 0 spiro atoms. The molecule has 152 valence electrons. The Kier molecular flexibility index (Phi) is 5.33. The molecule has 0 N–H and O–H groups in total. The highest BCUT2D eigenvalue weighted by Gasteiger charge is 2.18. The summed E-state index contributed by atoms with van der Waals surface area (Å²) in [5.74, 6) is 0.832. The van der Waals surface area contributed by atoms with Crippen molar-refractivity contribution in [2.45, 2.75) is 6.54 Å². The van der Waals surface area contributed by atoms with Crippen molar-refractivity contribution in [2.75, 3.05) is 14.2 Å². The summed E-state index contributed by atoms with van der Waals surface area (Å²) in [5.41, 5.74) is 0.783. The van der Waals surface area contributed by atoms with Crippen LogP contribution < -0.4 is 20.7 Å². The van der Waals surface area contributed by atoms with Crippen molar-refractivity contribution >= 4 is 22.5 Å². The van der Waals surface area contributed by atoms with Crippen LogP contribution in [0.25, 0.3) is 16.6 Å². The predicted molar refractivity (Wildman–Crippen MR) is 117 cm³/mol. The van der Waals surface area contributed by atoms with Crippen LogP contribution in [-0.2, 0) is 6.54 Å². The second-order valence-electron chi connectivity index (χ2n) is 6.66. The first-order chi connectivity index (χ1) is 14.5. The molecule has 0 bridgehead atoms. The number of methoxy groups -OCH3 is 2. The predicted octanol–water partition coefficient (Wildman–Crippen LogP) is 3.87. The van der Waals surface area contributed by atoms with Crippen LogP contribution in [0, 0.1) is 0 Å². The van der Waals surface area contributed by atoms with Gasteiger partial charge in [0.2, 0.25) is 0 Å². The van der Waals surface area contributed by atoms with E-state index in [1.54, 1.807) is 42.5 Å². The highest BCUT2D eigenvalue weighted by atomic mass is 35.5. The van der Waals surface area contributed by atoms with Gasteiger partial charge in [0.25, 0.3) is 5.56 Å². The third kappa shape index (κ3) is 3.35. The van der Waals surface area contributed by atoms with Crippen molar-refractivity contribution in [3.63, 3.8) is 0 Å². The van der Waals surface area contributed by atoms with Crippen molar-refractivity contribution < 1.29 is 9.47 Å². The number of fused-ring (bicyclic) bond motifs is 1. The number of ether oxygens (including phenoxy) is 2. The topological polar surface area (TPSA) is 62.5 Å². The zero-order valence-corrected chi connectivity index (χ0v) is 17.2. The number of para-hydroxylation sites is 1. The first-order valence-electron chi connectivity index (χ1n) is 9.25. The van der Waals surface area contributed by atoms with Crippen LogP contribution >= 0.6 is 11.6 Å². The molecule has 1 heterocycles. The summed E-state index contributed by atoms with van der Waals surface area (Å²) in [5, 5.41) is 0.874. The molecule has 1 aromatic heterocycles. The van der Waals surface area contributed by atoms with E-state index in [1.165, 1.54) is 18.8 Å². The van der Waals surface area contributed by atoms with Gasteiger partial charge in [-0.3, -0.25) is 9.36 Å². The molecule has 0 unspecified atom stereocenters. The third-order valence-corrected chi connectivity index (χ3v) is 5.32. The maximum absolute atomic E-state index is 13.5. The molecule has 0 fully saturated rings. The number of aromatic nitrogens is 2. The van der Waals surface area contributed by atoms with Gasteiger partial charge >= 0.3 is 5.69 Å². The highest BCUT2D eigenvalue weighted by Crippen LogP contribution is 2.31. The summed E-state index contributed by atoms with van der Waals surface area (Å²) in [6.07, 6.45) is 0. The van der Waals surface area contributed by atoms with E-state index in [-0.39, 0.29) is 6.54 Å². The van der Waals surface area contributed by atoms with Gasteiger partial charge in [-0.2, -0.15) is 0 Å². The lowest BCUT2D eigenvalue weighted by Gasteiger charge is -2.17. The van der Waals surface area contributed by atoms with Crippen molar-refractivity contribution in [1.29, 1.82) is 0 Å². The zero-order chi connectivity index (χ0) is 21.3. The summed E-state index contributed by atoms with van der Waals surface area (Å²) >= 11 is 6.34. The van der Waals surface area contributed by atoms with E-state index in [0.29, 0.717) is 33.1 Å². The molecule has 0 amide bonds. The van der Waals surface area contributed by atoms with Gasteiger partial charge in [0, 0.05) is 11.1 Å². The Morgan fingerprint density at radius 2 is 1.50 bits per heavy atom. The average Bonchev–Trinajstić information content (AvgIpc) is 2.77. The SMILES string of the molecule is COc1cc2c(=O)n(-c3ccccc3)c(=O)n(Cc3ccccc3Cl)c2cc1OC. The second kappa shape index (κ2) is 8.08. The zero-order valence-electron chi connectivity index (χ0n) is 16.5. The molecule has 4 aromatic rings. The number of halogens is 1. The van der Waals surface area contributed by atoms with Gasteiger partial charge in [-0.05, 0) is 29.8 Å². The quantitative estimate of drug-likeness (QED) is 0.490. The molecule has 0 aliphatic carbocycles. The van der Waals surface area contributed by atoms with E-state index in [4.69, 9.17) is 21.1 Å². The van der Waals surface area contributed by atoms with Gasteiger partial charge in [-0.25, -0.2) is 9.36 Å². The summed E-state index contributed by atoms with van der Waals surface area (Å²) in [4.78, 5) is 26.8. The van der Waals surface area contributed by atoms with Gasteiger partial charge < -0.3 is 9.47 Å². The maximum Gasteiger partial charge on any atom is 0.336 e. The molecule has 0 radical (unpaired) electrons. The standard InChI is InChI=1S/C23H19ClN2O4/c1-29-20-12-17-19(13-21(20)30-2)25(14-15-8-6-7-11-18(15)24)23(28)26(22(17)27)16-9-4-3-5-10-16/h3-13H,14H2,1-2H3. The molecule has 7 heteroatoms. The molecule has 6 nitrogen and oxygen atoms in total. The molecule has 30 heavy (non-hydrogen) atoms. The first kappa shape index (κ1) is 19.8. The Morgan fingerprint density at radius 1 is 0.867 bits per heavy atom. The molecule has 0 saturated carbocycles. The van der Waals surface area contributed by atoms with Gasteiger partial charge in [-0.15, -0.1) is 0 Å². The monoisotopic (exact) mass is 422 g/mol. The minimum absolute atomic E-state index is 0.192. The van der Waals surface area contributed by atoms with Crippen LogP contribution in [0.5, 0.6) is 11.5 Å². The van der Waals surface area contributed by atoms with Gasteiger partial charge in [0.05, 0.1) is 37.4 Å². The van der Waals surface area contributed by atoms with Crippen LogP contribution in [0.3, 0.4) is 0 Å². The smallest absolute Gasteiger partial charge is 0.336 e. The average molecular weight is 423 g/mol. The number of hydrogen-bond acceptors (Lipinski definition) is 4. The van der Waals surface area contributed by atoms with Gasteiger partial charge in [0.15, 0.2) is 11.5 Å². The second-order valence-corrected chi connectivity index (χ2v) is 7.07. The normalized spacial score (nSPS) is 10.9. The molecule has 4 rings (SSSR count). The molecule has 0 aliphatic rings. The maximum atomic E-state index is 13.5. The Morgan fingerprint density at radius 3 is 2.17 bits per heavy atom. The van der Waals surface area contributed by atoms with Crippen molar-refractivity contribution in [3.8, 4) is 17.2 Å². The molecule has 3 aromatic carbocycles. The van der Waals surface area contributed by atoms with E-state index in [1.807, 2.05) is 24.3 Å². The minimum Gasteiger partial charge on any atom is -0.493 e. The molecular weight excluding hydrogens is 404 g/mol. The van der Waals surface area contributed by atoms with Crippen molar-refractivity contribution in [2.24, 2.45) is 0 Å². The Bertz CT molecular complexity index is 1340. The molecule has 0 saturated heterocycles. The number of hydrogen-bond donors (Lipinski definition) is 0. The van der Waals surface area contributed by atoms with E-state index in [2.05, 4.69) is 0 Å². The van der Waals surface area contributed by atoms with Crippen LogP contribution in [0.1, 0.15) is 5.56 Å². The highest BCUT2D eigenvalue weighted by molar-refractivity contribution is 6.31. The Balaban J connectivity index is 2.11. The first-order valence-corrected chi connectivity index (χ1v) is 9.63. The minimum atomic E-state index is -0.467. The van der Waals surface area contributed by atoms with Crippen LogP contribution in [0.4, 0.5) is 0 Å². The summed E-state index contributed by atoms with van der Waals surface area (Å²) < 4.78 is 13.4. The van der Waals surface area contributed by atoms with E-state index in [0.717, 1.165) is 10.1 Å². The summed E-state index contributed by atoms with van der Waals surface area (Å²) in [6.45, 7) is 0.192. The lowest BCUT2D eigenvalue weighted by molar-refractivity contribution is 0.355. The van der Waals surface area contributed by atoms with Gasteiger partial charge in [0.1, 0.15) is 0 Å². The summed E-state index contributed by atoms with van der Waals surface area (Å²) in [7, 11) is 3.00.